The largest absolute Gasteiger partial charge is 0.396 e. The number of anilines is 2. The van der Waals surface area contributed by atoms with Crippen molar-refractivity contribution in [2.75, 3.05) is 17.6 Å². The molecule has 16 heavy (non-hydrogen) atoms. The lowest BCUT2D eigenvalue weighted by Crippen LogP contribution is -2.41. The van der Waals surface area contributed by atoms with Crippen LogP contribution >= 0.6 is 11.6 Å². The average molecular weight is 240 g/mol. The number of carbonyl (C=O) groups is 1. The second-order valence-corrected chi connectivity index (χ2v) is 4.29. The monoisotopic (exact) mass is 239 g/mol. The van der Waals surface area contributed by atoms with Gasteiger partial charge in [-0.25, -0.2) is 0 Å². The zero-order valence-corrected chi connectivity index (χ0v) is 9.55. The molecule has 1 aromatic carbocycles. The number of piperidine rings is 1. The number of hydrogen-bond donors (Lipinski definition) is 3. The van der Waals surface area contributed by atoms with Gasteiger partial charge in [0.25, 0.3) is 0 Å². The SMILES string of the molecule is Nc1c(Cl)cccc1NC1CCC(=O)NC1. The normalized spacial score (nSPS) is 20.3. The van der Waals surface area contributed by atoms with Gasteiger partial charge in [-0.3, -0.25) is 4.79 Å². The quantitative estimate of drug-likeness (QED) is 0.687. The van der Waals surface area contributed by atoms with Crippen LogP contribution in [0, 0.1) is 0 Å². The summed E-state index contributed by atoms with van der Waals surface area (Å²) in [7, 11) is 0. The summed E-state index contributed by atoms with van der Waals surface area (Å²) in [5.41, 5.74) is 7.23. The molecule has 1 heterocycles. The first-order valence-corrected chi connectivity index (χ1v) is 5.62. The number of hydrogen-bond acceptors (Lipinski definition) is 3. The molecule has 0 saturated carbocycles. The molecule has 1 saturated heterocycles. The second kappa shape index (κ2) is 4.61. The number of rotatable bonds is 2. The average Bonchev–Trinajstić information content (AvgIpc) is 2.28. The third kappa shape index (κ3) is 2.39. The van der Waals surface area contributed by atoms with Gasteiger partial charge in [-0.1, -0.05) is 17.7 Å². The van der Waals surface area contributed by atoms with E-state index >= 15 is 0 Å². The van der Waals surface area contributed by atoms with Gasteiger partial charge in [0.2, 0.25) is 5.91 Å². The first-order chi connectivity index (χ1) is 7.66. The smallest absolute Gasteiger partial charge is 0.220 e. The summed E-state index contributed by atoms with van der Waals surface area (Å²) < 4.78 is 0. The summed E-state index contributed by atoms with van der Waals surface area (Å²) >= 11 is 5.92. The van der Waals surface area contributed by atoms with Crippen molar-refractivity contribution in [1.29, 1.82) is 0 Å². The van der Waals surface area contributed by atoms with E-state index in [9.17, 15) is 4.79 Å². The van der Waals surface area contributed by atoms with E-state index in [1.807, 2.05) is 12.1 Å². The summed E-state index contributed by atoms with van der Waals surface area (Å²) in [5.74, 6) is 0.108. The van der Waals surface area contributed by atoms with Crippen molar-refractivity contribution in [3.8, 4) is 0 Å². The molecule has 0 aliphatic carbocycles. The van der Waals surface area contributed by atoms with E-state index in [2.05, 4.69) is 10.6 Å². The Morgan fingerprint density at radius 2 is 2.31 bits per heavy atom. The summed E-state index contributed by atoms with van der Waals surface area (Å²) in [4.78, 5) is 11.0. The topological polar surface area (TPSA) is 67.1 Å². The summed E-state index contributed by atoms with van der Waals surface area (Å²) in [5, 5.41) is 6.64. The van der Waals surface area contributed by atoms with Crippen LogP contribution < -0.4 is 16.4 Å². The number of halogens is 1. The van der Waals surface area contributed by atoms with E-state index in [1.54, 1.807) is 6.07 Å². The van der Waals surface area contributed by atoms with Crippen molar-refractivity contribution < 1.29 is 4.79 Å². The van der Waals surface area contributed by atoms with Gasteiger partial charge in [-0.05, 0) is 18.6 Å². The zero-order valence-electron chi connectivity index (χ0n) is 8.79. The van der Waals surface area contributed by atoms with Gasteiger partial charge in [-0.15, -0.1) is 0 Å². The summed E-state index contributed by atoms with van der Waals surface area (Å²) in [6.07, 6.45) is 1.37. The lowest BCUT2D eigenvalue weighted by Gasteiger charge is -2.25. The summed E-state index contributed by atoms with van der Waals surface area (Å²) in [6.45, 7) is 0.630. The zero-order chi connectivity index (χ0) is 11.5. The Kier molecular flexibility index (Phi) is 3.19. The maximum absolute atomic E-state index is 11.0. The molecule has 4 nitrogen and oxygen atoms in total. The molecule has 1 aliphatic rings. The van der Waals surface area contributed by atoms with Crippen LogP contribution in [0.5, 0.6) is 0 Å². The molecule has 0 bridgehead atoms. The van der Waals surface area contributed by atoms with E-state index in [-0.39, 0.29) is 11.9 Å². The Bertz CT molecular complexity index is 398. The number of amides is 1. The van der Waals surface area contributed by atoms with Gasteiger partial charge in [-0.2, -0.15) is 0 Å². The number of carbonyl (C=O) groups excluding carboxylic acids is 1. The molecule has 4 N–H and O–H groups in total. The van der Waals surface area contributed by atoms with E-state index in [0.29, 0.717) is 23.7 Å². The first-order valence-electron chi connectivity index (χ1n) is 5.24. The van der Waals surface area contributed by atoms with Crippen LogP contribution in [0.2, 0.25) is 5.02 Å². The van der Waals surface area contributed by atoms with Crippen LogP contribution in [0.3, 0.4) is 0 Å². The highest BCUT2D eigenvalue weighted by Crippen LogP contribution is 2.27. The Hall–Kier alpha value is -1.42. The van der Waals surface area contributed by atoms with Crippen molar-refractivity contribution in [1.82, 2.24) is 5.32 Å². The van der Waals surface area contributed by atoms with Gasteiger partial charge in [0, 0.05) is 19.0 Å². The predicted octanol–water partition coefficient (Wildman–Crippen LogP) is 1.61. The molecular weight excluding hydrogens is 226 g/mol. The standard InChI is InChI=1S/C11H14ClN3O/c12-8-2-1-3-9(11(8)13)15-7-4-5-10(16)14-6-7/h1-3,7,15H,4-6,13H2,(H,14,16). The highest BCUT2D eigenvalue weighted by atomic mass is 35.5. The molecule has 0 spiro atoms. The molecule has 1 aromatic rings. The fraction of sp³-hybridized carbons (Fsp3) is 0.364. The van der Waals surface area contributed by atoms with Crippen molar-refractivity contribution >= 4 is 28.9 Å². The van der Waals surface area contributed by atoms with Crippen molar-refractivity contribution in [3.63, 3.8) is 0 Å². The number of para-hydroxylation sites is 1. The fourth-order valence-corrected chi connectivity index (χ4v) is 1.91. The third-order valence-electron chi connectivity index (χ3n) is 2.68. The Balaban J connectivity index is 2.04. The van der Waals surface area contributed by atoms with E-state index in [1.165, 1.54) is 0 Å². The van der Waals surface area contributed by atoms with Crippen LogP contribution in [0.25, 0.3) is 0 Å². The molecule has 5 heteroatoms. The lowest BCUT2D eigenvalue weighted by molar-refractivity contribution is -0.122. The molecule has 86 valence electrons. The highest BCUT2D eigenvalue weighted by molar-refractivity contribution is 6.33. The summed E-state index contributed by atoms with van der Waals surface area (Å²) in [6, 6.07) is 5.71. The predicted molar refractivity (Wildman–Crippen MR) is 65.5 cm³/mol. The molecule has 2 rings (SSSR count). The number of benzene rings is 1. The van der Waals surface area contributed by atoms with Gasteiger partial charge < -0.3 is 16.4 Å². The lowest BCUT2D eigenvalue weighted by atomic mass is 10.1. The maximum atomic E-state index is 11.0. The van der Waals surface area contributed by atoms with Crippen LogP contribution in [0.1, 0.15) is 12.8 Å². The van der Waals surface area contributed by atoms with Crippen molar-refractivity contribution in [2.45, 2.75) is 18.9 Å². The minimum Gasteiger partial charge on any atom is -0.396 e. The Morgan fingerprint density at radius 3 is 3.00 bits per heavy atom. The third-order valence-corrected chi connectivity index (χ3v) is 3.01. The molecule has 1 amide bonds. The Morgan fingerprint density at radius 1 is 1.50 bits per heavy atom. The van der Waals surface area contributed by atoms with Gasteiger partial charge >= 0.3 is 0 Å². The number of nitrogens with one attached hydrogen (secondary N) is 2. The molecule has 0 radical (unpaired) electrons. The maximum Gasteiger partial charge on any atom is 0.220 e. The van der Waals surface area contributed by atoms with Gasteiger partial charge in [0.1, 0.15) is 0 Å². The van der Waals surface area contributed by atoms with Gasteiger partial charge in [0.05, 0.1) is 16.4 Å². The van der Waals surface area contributed by atoms with E-state index < -0.39 is 0 Å². The van der Waals surface area contributed by atoms with E-state index in [0.717, 1.165) is 12.1 Å². The molecular formula is C11H14ClN3O. The van der Waals surface area contributed by atoms with Gasteiger partial charge in [0.15, 0.2) is 0 Å². The number of nitrogens with two attached hydrogens (primary N) is 1. The van der Waals surface area contributed by atoms with E-state index in [4.69, 9.17) is 17.3 Å². The molecule has 1 aliphatic heterocycles. The molecule has 1 atom stereocenters. The fourth-order valence-electron chi connectivity index (χ4n) is 1.74. The van der Waals surface area contributed by atoms with Crippen molar-refractivity contribution in [3.05, 3.63) is 23.2 Å². The minimum atomic E-state index is 0.108. The van der Waals surface area contributed by atoms with Crippen LogP contribution in [0.4, 0.5) is 11.4 Å². The molecule has 1 fully saturated rings. The second-order valence-electron chi connectivity index (χ2n) is 3.89. The first kappa shape index (κ1) is 11.1. The molecule has 1 unspecified atom stereocenters. The highest BCUT2D eigenvalue weighted by Gasteiger charge is 2.18. The minimum absolute atomic E-state index is 0.108. The number of nitrogen functional groups attached to an aromatic ring is 1. The molecule has 0 aromatic heterocycles. The Labute approximate surface area is 99.2 Å². The van der Waals surface area contributed by atoms with Crippen LogP contribution in [-0.4, -0.2) is 18.5 Å². The van der Waals surface area contributed by atoms with Crippen LogP contribution in [-0.2, 0) is 4.79 Å². The van der Waals surface area contributed by atoms with Crippen LogP contribution in [0.15, 0.2) is 18.2 Å². The van der Waals surface area contributed by atoms with Crippen molar-refractivity contribution in [2.24, 2.45) is 0 Å².